The van der Waals surface area contributed by atoms with Crippen molar-refractivity contribution in [3.8, 4) is 5.75 Å². The van der Waals surface area contributed by atoms with E-state index in [2.05, 4.69) is 25.1 Å². The second-order valence-electron chi connectivity index (χ2n) is 4.80. The number of hydrogen-bond donors (Lipinski definition) is 1. The van der Waals surface area contributed by atoms with Crippen molar-refractivity contribution in [2.24, 2.45) is 5.73 Å². The molecule has 20 heavy (non-hydrogen) atoms. The molecule has 2 N–H and O–H groups in total. The summed E-state index contributed by atoms with van der Waals surface area (Å²) in [6, 6.07) is 12.3. The monoisotopic (exact) mass is 289 g/mol. The van der Waals surface area contributed by atoms with E-state index in [1.165, 1.54) is 10.9 Å². The average molecular weight is 289 g/mol. The van der Waals surface area contributed by atoms with Gasteiger partial charge in [0.2, 0.25) is 5.91 Å². The number of rotatable bonds is 5. The molecule has 0 aromatic heterocycles. The largest absolute Gasteiger partial charge is 0.497 e. The van der Waals surface area contributed by atoms with E-state index in [-0.39, 0.29) is 16.4 Å². The Balaban J connectivity index is 2.25. The van der Waals surface area contributed by atoms with Gasteiger partial charge in [0.05, 0.1) is 12.4 Å². The number of amides is 1. The number of benzene rings is 2. The lowest BCUT2D eigenvalue weighted by Gasteiger charge is -2.16. The molecule has 0 aliphatic carbocycles. The Hall–Kier alpha value is -1.68. The lowest BCUT2D eigenvalue weighted by atomic mass is 10.1. The lowest BCUT2D eigenvalue weighted by Crippen LogP contribution is -2.23. The van der Waals surface area contributed by atoms with Crippen molar-refractivity contribution in [3.63, 3.8) is 0 Å². The van der Waals surface area contributed by atoms with Crippen LogP contribution >= 0.6 is 11.8 Å². The smallest absolute Gasteiger partial charge is 0.230 e. The van der Waals surface area contributed by atoms with Gasteiger partial charge in [-0.05, 0) is 42.3 Å². The molecule has 2 atom stereocenters. The molecule has 2 rings (SSSR count). The van der Waals surface area contributed by atoms with Crippen molar-refractivity contribution < 1.29 is 9.53 Å². The van der Waals surface area contributed by atoms with Gasteiger partial charge in [0, 0.05) is 5.25 Å². The summed E-state index contributed by atoms with van der Waals surface area (Å²) in [5, 5.41) is 2.36. The summed E-state index contributed by atoms with van der Waals surface area (Å²) in [6.07, 6.45) is 0. The summed E-state index contributed by atoms with van der Waals surface area (Å²) < 4.78 is 5.22. The third kappa shape index (κ3) is 3.25. The zero-order valence-corrected chi connectivity index (χ0v) is 12.7. The van der Waals surface area contributed by atoms with Crippen molar-refractivity contribution in [2.75, 3.05) is 7.11 Å². The van der Waals surface area contributed by atoms with Crippen LogP contribution in [0, 0.1) is 0 Å². The fourth-order valence-electron chi connectivity index (χ4n) is 2.07. The first-order valence-electron chi connectivity index (χ1n) is 6.53. The number of carbonyl (C=O) groups is 1. The fourth-order valence-corrected chi connectivity index (χ4v) is 3.12. The minimum atomic E-state index is -0.271. The molecule has 0 saturated heterocycles. The second-order valence-corrected chi connectivity index (χ2v) is 6.48. The molecule has 0 unspecified atom stereocenters. The highest BCUT2D eigenvalue weighted by Gasteiger charge is 2.15. The Kier molecular flexibility index (Phi) is 4.55. The molecule has 0 aliphatic heterocycles. The summed E-state index contributed by atoms with van der Waals surface area (Å²) in [6.45, 7) is 3.93. The molecule has 0 saturated carbocycles. The topological polar surface area (TPSA) is 52.3 Å². The molecule has 0 bridgehead atoms. The van der Waals surface area contributed by atoms with Crippen LogP contribution in [0.5, 0.6) is 5.75 Å². The molecule has 2 aromatic carbocycles. The zero-order chi connectivity index (χ0) is 14.7. The first-order chi connectivity index (χ1) is 9.51. The number of methoxy groups -OCH3 is 1. The van der Waals surface area contributed by atoms with Gasteiger partial charge in [0.1, 0.15) is 5.75 Å². The van der Waals surface area contributed by atoms with Gasteiger partial charge in [0.15, 0.2) is 0 Å². The van der Waals surface area contributed by atoms with Crippen molar-refractivity contribution in [3.05, 3.63) is 42.0 Å². The Morgan fingerprint density at radius 3 is 2.45 bits per heavy atom. The van der Waals surface area contributed by atoms with E-state index in [1.807, 2.05) is 25.1 Å². The molecular weight excluding hydrogens is 270 g/mol. The normalized spacial score (nSPS) is 13.9. The molecular formula is C16H19NO2S. The molecule has 0 spiro atoms. The predicted molar refractivity (Wildman–Crippen MR) is 85.2 cm³/mol. The number of hydrogen-bond acceptors (Lipinski definition) is 3. The van der Waals surface area contributed by atoms with Crippen LogP contribution in [0.15, 0.2) is 36.4 Å². The SMILES string of the molecule is COc1ccc2cc([C@@H](C)S[C@@H](C)C(N)=O)ccc2c1. The summed E-state index contributed by atoms with van der Waals surface area (Å²) in [7, 11) is 1.67. The van der Waals surface area contributed by atoms with Gasteiger partial charge < -0.3 is 10.5 Å². The minimum absolute atomic E-state index is 0.184. The molecule has 1 amide bonds. The highest BCUT2D eigenvalue weighted by atomic mass is 32.2. The third-order valence-electron chi connectivity index (χ3n) is 3.35. The van der Waals surface area contributed by atoms with Gasteiger partial charge in [-0.2, -0.15) is 0 Å². The number of ether oxygens (including phenoxy) is 1. The number of carbonyl (C=O) groups excluding carboxylic acids is 1. The number of nitrogens with two attached hydrogens (primary N) is 1. The number of fused-ring (bicyclic) bond motifs is 1. The summed E-state index contributed by atoms with van der Waals surface area (Å²) >= 11 is 1.58. The summed E-state index contributed by atoms with van der Waals surface area (Å²) in [5.41, 5.74) is 6.51. The Labute approximate surface area is 123 Å². The average Bonchev–Trinajstić information content (AvgIpc) is 2.45. The molecule has 0 radical (unpaired) electrons. The maximum atomic E-state index is 11.1. The number of primary amides is 1. The molecule has 3 nitrogen and oxygen atoms in total. The van der Waals surface area contributed by atoms with Crippen LogP contribution in [0.25, 0.3) is 10.8 Å². The highest BCUT2D eigenvalue weighted by Crippen LogP contribution is 2.33. The van der Waals surface area contributed by atoms with Gasteiger partial charge in [-0.1, -0.05) is 24.3 Å². The zero-order valence-electron chi connectivity index (χ0n) is 11.9. The second kappa shape index (κ2) is 6.18. The molecule has 0 fully saturated rings. The van der Waals surface area contributed by atoms with Crippen molar-refractivity contribution in [1.29, 1.82) is 0 Å². The van der Waals surface area contributed by atoms with Crippen LogP contribution in [0.1, 0.15) is 24.7 Å². The van der Waals surface area contributed by atoms with Crippen LogP contribution < -0.4 is 10.5 Å². The van der Waals surface area contributed by atoms with E-state index in [0.29, 0.717) is 0 Å². The van der Waals surface area contributed by atoms with Crippen LogP contribution in [0.2, 0.25) is 0 Å². The first kappa shape index (κ1) is 14.7. The Bertz CT molecular complexity index is 627. The van der Waals surface area contributed by atoms with E-state index in [1.54, 1.807) is 18.9 Å². The van der Waals surface area contributed by atoms with E-state index in [0.717, 1.165) is 11.1 Å². The highest BCUT2D eigenvalue weighted by molar-refractivity contribution is 8.00. The van der Waals surface area contributed by atoms with E-state index in [4.69, 9.17) is 10.5 Å². The Morgan fingerprint density at radius 1 is 1.15 bits per heavy atom. The first-order valence-corrected chi connectivity index (χ1v) is 7.48. The Morgan fingerprint density at radius 2 is 1.80 bits per heavy atom. The molecule has 0 heterocycles. The minimum Gasteiger partial charge on any atom is -0.497 e. The maximum Gasteiger partial charge on any atom is 0.230 e. The van der Waals surface area contributed by atoms with Crippen LogP contribution in [-0.2, 0) is 4.79 Å². The van der Waals surface area contributed by atoms with Gasteiger partial charge in [-0.15, -0.1) is 11.8 Å². The van der Waals surface area contributed by atoms with Gasteiger partial charge in [-0.3, -0.25) is 4.79 Å². The fraction of sp³-hybridized carbons (Fsp3) is 0.312. The lowest BCUT2D eigenvalue weighted by molar-refractivity contribution is -0.117. The quantitative estimate of drug-likeness (QED) is 0.916. The summed E-state index contributed by atoms with van der Waals surface area (Å²) in [4.78, 5) is 11.1. The summed E-state index contributed by atoms with van der Waals surface area (Å²) in [5.74, 6) is 0.586. The van der Waals surface area contributed by atoms with Gasteiger partial charge >= 0.3 is 0 Å². The van der Waals surface area contributed by atoms with E-state index < -0.39 is 0 Å². The standard InChI is InChI=1S/C16H19NO2S/c1-10(20-11(2)16(17)18)12-4-5-14-9-15(19-3)7-6-13(14)8-12/h4-11H,1-3H3,(H2,17,18)/t10-,11+/m1/s1. The van der Waals surface area contributed by atoms with E-state index in [9.17, 15) is 4.79 Å². The molecule has 0 aliphatic rings. The van der Waals surface area contributed by atoms with Crippen LogP contribution in [0.4, 0.5) is 0 Å². The van der Waals surface area contributed by atoms with Crippen LogP contribution in [-0.4, -0.2) is 18.3 Å². The predicted octanol–water partition coefficient (Wildman–Crippen LogP) is 3.52. The van der Waals surface area contributed by atoms with Crippen molar-refractivity contribution in [1.82, 2.24) is 0 Å². The maximum absolute atomic E-state index is 11.1. The molecule has 4 heteroatoms. The van der Waals surface area contributed by atoms with Gasteiger partial charge in [0.25, 0.3) is 0 Å². The van der Waals surface area contributed by atoms with Crippen molar-refractivity contribution in [2.45, 2.75) is 24.3 Å². The molecule has 106 valence electrons. The van der Waals surface area contributed by atoms with E-state index >= 15 is 0 Å². The van der Waals surface area contributed by atoms with Gasteiger partial charge in [-0.25, -0.2) is 0 Å². The van der Waals surface area contributed by atoms with Crippen molar-refractivity contribution >= 4 is 28.4 Å². The third-order valence-corrected chi connectivity index (χ3v) is 4.67. The number of thioether (sulfide) groups is 1. The van der Waals surface area contributed by atoms with Crippen LogP contribution in [0.3, 0.4) is 0 Å². The molecule has 2 aromatic rings.